The summed E-state index contributed by atoms with van der Waals surface area (Å²) in [4.78, 5) is 11.4. The van der Waals surface area contributed by atoms with E-state index in [1.54, 1.807) is 0 Å². The quantitative estimate of drug-likeness (QED) is 0.785. The van der Waals surface area contributed by atoms with Crippen molar-refractivity contribution in [2.75, 3.05) is 0 Å². The minimum atomic E-state index is -0.786. The lowest BCUT2D eigenvalue weighted by molar-refractivity contribution is -0.130. The lowest BCUT2D eigenvalue weighted by atomic mass is 9.88. The van der Waals surface area contributed by atoms with Crippen LogP contribution in [0.25, 0.3) is 5.57 Å². The van der Waals surface area contributed by atoms with Gasteiger partial charge in [0, 0.05) is 0 Å². The van der Waals surface area contributed by atoms with Crippen LogP contribution in [0.15, 0.2) is 29.8 Å². The van der Waals surface area contributed by atoms with Crippen molar-refractivity contribution >= 4 is 11.5 Å². The molecule has 1 saturated carbocycles. The third kappa shape index (κ3) is 2.76. The highest BCUT2D eigenvalue weighted by molar-refractivity contribution is 6.16. The maximum atomic E-state index is 11.4. The van der Waals surface area contributed by atoms with Crippen LogP contribution in [0.5, 0.6) is 0 Å². The second-order valence-electron chi connectivity index (χ2n) is 4.71. The third-order valence-electron chi connectivity index (χ3n) is 3.36. The Bertz CT molecular complexity index is 432. The number of allylic oxidation sites excluding steroid dienone is 1. The van der Waals surface area contributed by atoms with Crippen molar-refractivity contribution in [3.8, 4) is 0 Å². The van der Waals surface area contributed by atoms with Crippen molar-refractivity contribution in [2.45, 2.75) is 39.0 Å². The first-order valence-electron chi connectivity index (χ1n) is 6.21. The van der Waals surface area contributed by atoms with Crippen LogP contribution < -0.4 is 0 Å². The zero-order chi connectivity index (χ0) is 12.3. The van der Waals surface area contributed by atoms with Gasteiger partial charge >= 0.3 is 5.97 Å². The van der Waals surface area contributed by atoms with Gasteiger partial charge in [0.25, 0.3) is 0 Å². The molecule has 0 radical (unpaired) electrons. The summed E-state index contributed by atoms with van der Waals surface area (Å²) in [5.74, 6) is -0.786. The fourth-order valence-corrected chi connectivity index (χ4v) is 2.43. The van der Waals surface area contributed by atoms with Crippen LogP contribution in [0.2, 0.25) is 0 Å². The second-order valence-corrected chi connectivity index (χ2v) is 4.71. The van der Waals surface area contributed by atoms with E-state index in [1.807, 2.05) is 31.2 Å². The molecule has 0 unspecified atom stereocenters. The standard InChI is InChI=1S/C15H18O2/c1-11-7-9-13(10-8-11)14(15(16)17)12-5-3-2-4-6-12/h7-10H,2-6H2,1H3,(H,16,17). The number of carboxylic acids is 1. The van der Waals surface area contributed by atoms with Crippen molar-refractivity contribution in [3.63, 3.8) is 0 Å². The molecule has 0 spiro atoms. The molecule has 0 atom stereocenters. The fraction of sp³-hybridized carbons (Fsp3) is 0.400. The number of rotatable bonds is 2. The van der Waals surface area contributed by atoms with Gasteiger partial charge in [-0.3, -0.25) is 0 Å². The maximum Gasteiger partial charge on any atom is 0.336 e. The SMILES string of the molecule is Cc1ccc(C(C(=O)O)=C2CCCCC2)cc1. The second kappa shape index (κ2) is 5.17. The maximum absolute atomic E-state index is 11.4. The summed E-state index contributed by atoms with van der Waals surface area (Å²) in [6, 6.07) is 7.78. The number of hydrogen-bond acceptors (Lipinski definition) is 1. The minimum absolute atomic E-state index is 0.532. The zero-order valence-electron chi connectivity index (χ0n) is 10.2. The van der Waals surface area contributed by atoms with E-state index in [2.05, 4.69) is 0 Å². The average Bonchev–Trinajstić information content (AvgIpc) is 2.33. The normalized spacial score (nSPS) is 15.7. The van der Waals surface area contributed by atoms with Gasteiger partial charge in [0.05, 0.1) is 5.57 Å². The molecule has 1 fully saturated rings. The summed E-state index contributed by atoms with van der Waals surface area (Å²) < 4.78 is 0. The first kappa shape index (κ1) is 11.9. The van der Waals surface area contributed by atoms with Crippen LogP contribution in [0, 0.1) is 6.92 Å². The predicted octanol–water partition coefficient (Wildman–Crippen LogP) is 3.80. The van der Waals surface area contributed by atoms with Gasteiger partial charge in [-0.25, -0.2) is 4.79 Å². The lowest BCUT2D eigenvalue weighted by Crippen LogP contribution is -2.06. The first-order valence-corrected chi connectivity index (χ1v) is 6.21. The Morgan fingerprint density at radius 1 is 1.06 bits per heavy atom. The van der Waals surface area contributed by atoms with E-state index in [1.165, 1.54) is 6.42 Å². The molecule has 0 aromatic heterocycles. The van der Waals surface area contributed by atoms with Crippen LogP contribution in [0.4, 0.5) is 0 Å². The Morgan fingerprint density at radius 2 is 1.65 bits per heavy atom. The van der Waals surface area contributed by atoms with Gasteiger partial charge in [0.15, 0.2) is 0 Å². The largest absolute Gasteiger partial charge is 0.478 e. The van der Waals surface area contributed by atoms with E-state index in [0.717, 1.165) is 42.4 Å². The van der Waals surface area contributed by atoms with Crippen LogP contribution in [0.1, 0.15) is 43.2 Å². The minimum Gasteiger partial charge on any atom is -0.478 e. The molecule has 1 aromatic carbocycles. The summed E-state index contributed by atoms with van der Waals surface area (Å²) in [6.45, 7) is 2.01. The Balaban J connectivity index is 2.41. The predicted molar refractivity (Wildman–Crippen MR) is 68.8 cm³/mol. The molecule has 17 heavy (non-hydrogen) atoms. The van der Waals surface area contributed by atoms with Crippen LogP contribution >= 0.6 is 0 Å². The highest BCUT2D eigenvalue weighted by Gasteiger charge is 2.18. The number of aliphatic carboxylic acids is 1. The Labute approximate surface area is 102 Å². The third-order valence-corrected chi connectivity index (χ3v) is 3.36. The molecule has 1 aliphatic rings. The lowest BCUT2D eigenvalue weighted by Gasteiger charge is -2.17. The van der Waals surface area contributed by atoms with Crippen molar-refractivity contribution in [3.05, 3.63) is 41.0 Å². The van der Waals surface area contributed by atoms with E-state index < -0.39 is 5.97 Å². The van der Waals surface area contributed by atoms with Gasteiger partial charge in [-0.15, -0.1) is 0 Å². The number of hydrogen-bond donors (Lipinski definition) is 1. The first-order chi connectivity index (χ1) is 8.18. The van der Waals surface area contributed by atoms with Crippen LogP contribution in [-0.2, 0) is 4.79 Å². The van der Waals surface area contributed by atoms with E-state index in [9.17, 15) is 9.90 Å². The Kier molecular flexibility index (Phi) is 3.62. The molecule has 90 valence electrons. The van der Waals surface area contributed by atoms with Crippen molar-refractivity contribution in [1.82, 2.24) is 0 Å². The van der Waals surface area contributed by atoms with Gasteiger partial charge in [0.1, 0.15) is 0 Å². The zero-order valence-corrected chi connectivity index (χ0v) is 10.2. The van der Waals surface area contributed by atoms with Crippen LogP contribution in [0.3, 0.4) is 0 Å². The summed E-state index contributed by atoms with van der Waals surface area (Å²) in [6.07, 6.45) is 5.35. The highest BCUT2D eigenvalue weighted by Crippen LogP contribution is 2.30. The smallest absolute Gasteiger partial charge is 0.336 e. The molecule has 1 N–H and O–H groups in total. The van der Waals surface area contributed by atoms with Crippen molar-refractivity contribution in [2.24, 2.45) is 0 Å². The average molecular weight is 230 g/mol. The topological polar surface area (TPSA) is 37.3 Å². The number of benzene rings is 1. The van der Waals surface area contributed by atoms with Crippen LogP contribution in [-0.4, -0.2) is 11.1 Å². The van der Waals surface area contributed by atoms with E-state index in [0.29, 0.717) is 5.57 Å². The fourth-order valence-electron chi connectivity index (χ4n) is 2.43. The number of aryl methyl sites for hydroxylation is 1. The van der Waals surface area contributed by atoms with E-state index in [4.69, 9.17) is 0 Å². The van der Waals surface area contributed by atoms with Crippen molar-refractivity contribution in [1.29, 1.82) is 0 Å². The van der Waals surface area contributed by atoms with E-state index >= 15 is 0 Å². The van der Waals surface area contributed by atoms with Crippen molar-refractivity contribution < 1.29 is 9.90 Å². The summed E-state index contributed by atoms with van der Waals surface area (Å²) in [5.41, 5.74) is 3.66. The summed E-state index contributed by atoms with van der Waals surface area (Å²) in [5, 5.41) is 9.39. The Morgan fingerprint density at radius 3 is 2.18 bits per heavy atom. The van der Waals surface area contributed by atoms with Gasteiger partial charge in [-0.2, -0.15) is 0 Å². The molecular weight excluding hydrogens is 212 g/mol. The number of carbonyl (C=O) groups is 1. The van der Waals surface area contributed by atoms with Gasteiger partial charge in [-0.05, 0) is 38.2 Å². The summed E-state index contributed by atoms with van der Waals surface area (Å²) in [7, 11) is 0. The molecule has 0 aliphatic heterocycles. The summed E-state index contributed by atoms with van der Waals surface area (Å²) >= 11 is 0. The van der Waals surface area contributed by atoms with Gasteiger partial charge in [-0.1, -0.05) is 41.8 Å². The van der Waals surface area contributed by atoms with E-state index in [-0.39, 0.29) is 0 Å². The molecule has 1 aromatic rings. The molecule has 0 heterocycles. The Hall–Kier alpha value is -1.57. The molecule has 2 rings (SSSR count). The van der Waals surface area contributed by atoms with Gasteiger partial charge < -0.3 is 5.11 Å². The molecule has 2 heteroatoms. The highest BCUT2D eigenvalue weighted by atomic mass is 16.4. The molecule has 0 bridgehead atoms. The molecule has 0 saturated heterocycles. The molecule has 1 aliphatic carbocycles. The monoisotopic (exact) mass is 230 g/mol. The molecule has 2 nitrogen and oxygen atoms in total. The van der Waals surface area contributed by atoms with Gasteiger partial charge in [0.2, 0.25) is 0 Å². The number of carboxylic acid groups (broad SMARTS) is 1. The molecule has 0 amide bonds. The molecular formula is C15H18O2.